The van der Waals surface area contributed by atoms with Crippen LogP contribution in [0.5, 0.6) is 0 Å². The molecule has 3 atom stereocenters. The van der Waals surface area contributed by atoms with Gasteiger partial charge in [0, 0.05) is 24.8 Å². The fraction of sp³-hybridized carbons (Fsp3) is 0.800. The quantitative estimate of drug-likeness (QED) is 0.651. The summed E-state index contributed by atoms with van der Waals surface area (Å²) in [5.74, 6) is 2.88. The molecule has 14 heavy (non-hydrogen) atoms. The van der Waals surface area contributed by atoms with E-state index in [2.05, 4.69) is 13.0 Å². The summed E-state index contributed by atoms with van der Waals surface area (Å²) in [6.07, 6.45) is 0.435. The summed E-state index contributed by atoms with van der Waals surface area (Å²) >= 11 is 1.91. The van der Waals surface area contributed by atoms with Crippen LogP contribution in [-0.4, -0.2) is 34.9 Å². The Kier molecular flexibility index (Phi) is 2.69. The van der Waals surface area contributed by atoms with Gasteiger partial charge < -0.3 is 4.90 Å². The van der Waals surface area contributed by atoms with E-state index in [1.165, 1.54) is 0 Å². The van der Waals surface area contributed by atoms with Gasteiger partial charge in [0.15, 0.2) is 0 Å². The van der Waals surface area contributed by atoms with E-state index in [4.69, 9.17) is 5.26 Å². The molecule has 4 heteroatoms. The number of hydrogen-bond acceptors (Lipinski definition) is 3. The van der Waals surface area contributed by atoms with E-state index >= 15 is 0 Å². The Morgan fingerprint density at radius 2 is 2.36 bits per heavy atom. The molecular weight excluding hydrogens is 196 g/mol. The van der Waals surface area contributed by atoms with Gasteiger partial charge in [-0.1, -0.05) is 6.92 Å². The molecule has 2 fully saturated rings. The van der Waals surface area contributed by atoms with Gasteiger partial charge >= 0.3 is 0 Å². The Hall–Kier alpha value is -0.690. The zero-order chi connectivity index (χ0) is 10.1. The summed E-state index contributed by atoms with van der Waals surface area (Å²) in [4.78, 5) is 13.6. The molecule has 3 nitrogen and oxygen atoms in total. The highest BCUT2D eigenvalue weighted by atomic mass is 32.2. The van der Waals surface area contributed by atoms with Gasteiger partial charge in [-0.2, -0.15) is 17.0 Å². The summed E-state index contributed by atoms with van der Waals surface area (Å²) in [6, 6.07) is 2.57. The van der Waals surface area contributed by atoms with Crippen molar-refractivity contribution in [3.63, 3.8) is 0 Å². The van der Waals surface area contributed by atoms with Gasteiger partial charge in [0.1, 0.15) is 0 Å². The smallest absolute Gasteiger partial charge is 0.224 e. The van der Waals surface area contributed by atoms with Crippen molar-refractivity contribution >= 4 is 17.7 Å². The second-order valence-corrected chi connectivity index (χ2v) is 5.23. The van der Waals surface area contributed by atoms with Crippen molar-refractivity contribution in [2.75, 3.05) is 18.1 Å². The molecule has 76 valence electrons. The number of carbonyl (C=O) groups is 1. The van der Waals surface area contributed by atoms with E-state index in [0.717, 1.165) is 11.5 Å². The summed E-state index contributed by atoms with van der Waals surface area (Å²) in [7, 11) is 0. The molecular formula is C10H14N2OS. The lowest BCUT2D eigenvalue weighted by Crippen LogP contribution is -2.40. The zero-order valence-electron chi connectivity index (χ0n) is 8.27. The summed E-state index contributed by atoms with van der Waals surface area (Å²) in [6.45, 7) is 2.85. The summed E-state index contributed by atoms with van der Waals surface area (Å²) in [5, 5.41) is 8.78. The van der Waals surface area contributed by atoms with Gasteiger partial charge in [-0.05, 0) is 11.7 Å². The van der Waals surface area contributed by atoms with Crippen molar-refractivity contribution in [1.29, 1.82) is 5.26 Å². The van der Waals surface area contributed by atoms with E-state index < -0.39 is 0 Å². The minimum Gasteiger partial charge on any atom is -0.337 e. The maximum absolute atomic E-state index is 11.6. The minimum absolute atomic E-state index is 0.0692. The van der Waals surface area contributed by atoms with Crippen LogP contribution < -0.4 is 0 Å². The summed E-state index contributed by atoms with van der Waals surface area (Å²) in [5.41, 5.74) is 0. The summed E-state index contributed by atoms with van der Waals surface area (Å²) < 4.78 is 0. The second kappa shape index (κ2) is 3.82. The largest absolute Gasteiger partial charge is 0.337 e. The topological polar surface area (TPSA) is 44.1 Å². The minimum atomic E-state index is -0.0692. The first-order valence-electron chi connectivity index (χ1n) is 4.99. The molecule has 0 aliphatic carbocycles. The molecule has 0 spiro atoms. The molecule has 2 rings (SSSR count). The first kappa shape index (κ1) is 9.85. The third kappa shape index (κ3) is 1.61. The highest BCUT2D eigenvalue weighted by Gasteiger charge is 2.38. The monoisotopic (exact) mass is 210 g/mol. The van der Waals surface area contributed by atoms with Gasteiger partial charge in [0.25, 0.3) is 0 Å². The third-order valence-corrected chi connectivity index (χ3v) is 4.41. The van der Waals surface area contributed by atoms with Crippen LogP contribution in [0.2, 0.25) is 0 Å². The molecule has 0 aromatic rings. The number of nitriles is 1. The van der Waals surface area contributed by atoms with Crippen LogP contribution >= 0.6 is 11.8 Å². The predicted octanol–water partition coefficient (Wildman–Crippen LogP) is 1.11. The molecule has 0 saturated carbocycles. The average molecular weight is 210 g/mol. The van der Waals surface area contributed by atoms with Crippen LogP contribution in [0.1, 0.15) is 13.3 Å². The van der Waals surface area contributed by atoms with E-state index in [9.17, 15) is 4.79 Å². The van der Waals surface area contributed by atoms with E-state index in [-0.39, 0.29) is 11.8 Å². The zero-order valence-corrected chi connectivity index (χ0v) is 9.09. The molecule has 2 aliphatic rings. The lowest BCUT2D eigenvalue weighted by Gasteiger charge is -2.26. The van der Waals surface area contributed by atoms with Crippen molar-refractivity contribution in [3.8, 4) is 6.07 Å². The number of hydrogen-bond donors (Lipinski definition) is 0. The van der Waals surface area contributed by atoms with Crippen molar-refractivity contribution < 1.29 is 4.79 Å². The van der Waals surface area contributed by atoms with Gasteiger partial charge in [-0.25, -0.2) is 0 Å². The van der Waals surface area contributed by atoms with Gasteiger partial charge in [0.2, 0.25) is 5.91 Å². The Morgan fingerprint density at radius 1 is 1.57 bits per heavy atom. The highest BCUT2D eigenvalue weighted by molar-refractivity contribution is 7.99. The lowest BCUT2D eigenvalue weighted by atomic mass is 10.1. The van der Waals surface area contributed by atoms with E-state index in [0.29, 0.717) is 24.9 Å². The standard InChI is InChI=1S/C10H14N2OS/c1-7-5-14-6-9(7)12-4-8(3-11)2-10(12)13/h7-9H,2,4-6H2,1H3. The fourth-order valence-electron chi connectivity index (χ4n) is 2.19. The van der Waals surface area contributed by atoms with Crippen molar-refractivity contribution in [2.45, 2.75) is 19.4 Å². The molecule has 2 heterocycles. The van der Waals surface area contributed by atoms with Gasteiger partial charge in [0.05, 0.1) is 12.0 Å². The number of rotatable bonds is 1. The molecule has 0 radical (unpaired) electrons. The van der Waals surface area contributed by atoms with Crippen molar-refractivity contribution in [2.24, 2.45) is 11.8 Å². The van der Waals surface area contributed by atoms with Crippen LogP contribution in [0, 0.1) is 23.2 Å². The molecule has 3 unspecified atom stereocenters. The average Bonchev–Trinajstić information content (AvgIpc) is 2.72. The maximum atomic E-state index is 11.6. The highest BCUT2D eigenvalue weighted by Crippen LogP contribution is 2.31. The van der Waals surface area contributed by atoms with Crippen molar-refractivity contribution in [1.82, 2.24) is 4.90 Å². The number of likely N-dealkylation sites (tertiary alicyclic amines) is 1. The molecule has 0 bridgehead atoms. The number of amides is 1. The SMILES string of the molecule is CC1CSCC1N1CC(C#N)CC1=O. The normalized spacial score (nSPS) is 37.6. The number of thioether (sulfide) groups is 1. The second-order valence-electron chi connectivity index (χ2n) is 4.16. The van der Waals surface area contributed by atoms with Crippen LogP contribution in [0.15, 0.2) is 0 Å². The maximum Gasteiger partial charge on any atom is 0.224 e. The lowest BCUT2D eigenvalue weighted by molar-refractivity contribution is -0.129. The Morgan fingerprint density at radius 3 is 2.86 bits per heavy atom. The Balaban J connectivity index is 2.05. The van der Waals surface area contributed by atoms with Crippen LogP contribution in [0.25, 0.3) is 0 Å². The first-order valence-corrected chi connectivity index (χ1v) is 6.14. The number of carbonyl (C=O) groups excluding carboxylic acids is 1. The Bertz CT molecular complexity index is 286. The first-order chi connectivity index (χ1) is 6.72. The van der Waals surface area contributed by atoms with E-state index in [1.54, 1.807) is 0 Å². The molecule has 2 aliphatic heterocycles. The number of nitrogens with zero attached hydrogens (tertiary/aromatic N) is 2. The van der Waals surface area contributed by atoms with Gasteiger partial charge in [-0.15, -0.1) is 0 Å². The molecule has 0 N–H and O–H groups in total. The van der Waals surface area contributed by atoms with E-state index in [1.807, 2.05) is 16.7 Å². The van der Waals surface area contributed by atoms with Crippen LogP contribution in [0.4, 0.5) is 0 Å². The third-order valence-electron chi connectivity index (χ3n) is 3.07. The molecule has 0 aromatic carbocycles. The van der Waals surface area contributed by atoms with Gasteiger partial charge in [-0.3, -0.25) is 4.79 Å². The molecule has 1 amide bonds. The Labute approximate surface area is 88.4 Å². The predicted molar refractivity (Wildman–Crippen MR) is 55.7 cm³/mol. The molecule has 0 aromatic heterocycles. The fourth-order valence-corrected chi connectivity index (χ4v) is 3.67. The van der Waals surface area contributed by atoms with Crippen molar-refractivity contribution in [3.05, 3.63) is 0 Å². The van der Waals surface area contributed by atoms with Crippen LogP contribution in [-0.2, 0) is 4.79 Å². The van der Waals surface area contributed by atoms with Crippen LogP contribution in [0.3, 0.4) is 0 Å². The molecule has 2 saturated heterocycles.